The Morgan fingerprint density at radius 1 is 0.612 bits per heavy atom. The van der Waals surface area contributed by atoms with Crippen LogP contribution in [-0.2, 0) is 16.1 Å². The molecule has 1 heterocycles. The number of para-hydroxylation sites is 2. The molecule has 0 amide bonds. The van der Waals surface area contributed by atoms with Crippen molar-refractivity contribution in [1.82, 2.24) is 4.57 Å². The number of halogens is 5. The number of hydrogen-bond acceptors (Lipinski definition) is 3. The van der Waals surface area contributed by atoms with Gasteiger partial charge in [-0.25, -0.2) is 4.39 Å². The fourth-order valence-corrected chi connectivity index (χ4v) is 6.59. The van der Waals surface area contributed by atoms with Crippen LogP contribution in [0.15, 0.2) is 151 Å². The zero-order valence-electron chi connectivity index (χ0n) is 27.5. The Morgan fingerprint density at radius 3 is 1.49 bits per heavy atom. The predicted octanol–water partition coefficient (Wildman–Crippen LogP) is 5.47. The molecule has 0 saturated heterocycles. The minimum atomic E-state index is -0.231. The Balaban J connectivity index is 0.000000258. The van der Waals surface area contributed by atoms with Gasteiger partial charge in [0.1, 0.15) is 5.82 Å². The molecule has 0 fully saturated rings. The molecule has 0 aliphatic heterocycles. The molecule has 49 heavy (non-hydrogen) atoms. The molecule has 0 radical (unpaired) electrons. The Hall–Kier alpha value is 0.504. The van der Waals surface area contributed by atoms with Gasteiger partial charge in [0.25, 0.3) is 6.47 Å². The summed E-state index contributed by atoms with van der Waals surface area (Å²) in [7, 11) is 0. The molecule has 0 atom stereocenters. The molecule has 0 N–H and O–H groups in total. The first-order chi connectivity index (χ1) is 22.8. The monoisotopic (exact) mass is 1140 g/mol. The van der Waals surface area contributed by atoms with Crippen LogP contribution in [0.25, 0.3) is 38.6 Å². The number of nitrogens with zero attached hydrogens (tertiary/aromatic N) is 1. The first kappa shape index (κ1) is 43.9. The van der Waals surface area contributed by atoms with Crippen LogP contribution in [0.5, 0.6) is 0 Å². The summed E-state index contributed by atoms with van der Waals surface area (Å²) in [4.78, 5) is 11.2. The van der Waals surface area contributed by atoms with Crippen LogP contribution in [0, 0.1) is 5.82 Å². The van der Waals surface area contributed by atoms with Gasteiger partial charge in [-0.2, -0.15) is 0 Å². The number of carbonyl (C=O) groups excluding carboxylic acids is 1. The minimum absolute atomic E-state index is 0. The van der Waals surface area contributed by atoms with Crippen LogP contribution in [0.1, 0.15) is 12.6 Å². The van der Waals surface area contributed by atoms with E-state index in [1.165, 1.54) is 56.2 Å². The van der Waals surface area contributed by atoms with Gasteiger partial charge in [-0.15, -0.1) is 0 Å². The third-order valence-electron chi connectivity index (χ3n) is 7.37. The fraction of sp³-hybridized carbons (Fsp3) is 0.0263. The maximum Gasteiger partial charge on any atom is 1.00 e. The van der Waals surface area contributed by atoms with E-state index >= 15 is 0 Å². The summed E-state index contributed by atoms with van der Waals surface area (Å²) in [6.07, 6.45) is 1.10. The van der Waals surface area contributed by atoms with Crippen LogP contribution in [-0.4, -0.2) is 11.0 Å². The molecule has 1 aromatic heterocycles. The van der Waals surface area contributed by atoms with Crippen molar-refractivity contribution in [3.8, 4) is 16.8 Å². The van der Waals surface area contributed by atoms with Gasteiger partial charge in [-0.1, -0.05) is 84.9 Å². The van der Waals surface area contributed by atoms with Gasteiger partial charge in [0.2, 0.25) is 0 Å². The molecule has 8 rings (SSSR count). The molecule has 4 nitrogen and oxygen atoms in total. The molecule has 238 valence electrons. The van der Waals surface area contributed by atoms with Gasteiger partial charge in [0.15, 0.2) is 0 Å². The zero-order chi connectivity index (χ0) is 33.3. The SMILES string of the molecule is Brc1ccc(-n2c3ccccc3c3ccccc32)cc1Br.Fc1ccc(Br)c(Br)c1.O=CO[O-].[Cs+].[Cs+].[H-].c1ccc2c(c1)Cc1ccccc1-2. The van der Waals surface area contributed by atoms with E-state index in [4.69, 9.17) is 10.1 Å². The summed E-state index contributed by atoms with van der Waals surface area (Å²) >= 11 is 13.5. The van der Waals surface area contributed by atoms with Crippen LogP contribution >= 0.6 is 63.7 Å². The molecular formula is C38H26Br4Cs2FNO3. The Morgan fingerprint density at radius 2 is 1.04 bits per heavy atom. The Kier molecular flexibility index (Phi) is 19.7. The second kappa shape index (κ2) is 22.0. The van der Waals surface area contributed by atoms with Gasteiger partial charge < -0.3 is 16.1 Å². The van der Waals surface area contributed by atoms with E-state index in [0.717, 1.165) is 30.0 Å². The second-order valence-electron chi connectivity index (χ2n) is 10.2. The number of benzene rings is 6. The van der Waals surface area contributed by atoms with E-state index in [9.17, 15) is 4.39 Å². The van der Waals surface area contributed by atoms with Gasteiger partial charge in [-0.05, 0) is 141 Å². The van der Waals surface area contributed by atoms with Gasteiger partial charge in [0.05, 0.1) is 11.0 Å². The molecular weight excluding hydrogens is 1120 g/mol. The molecule has 1 aliphatic carbocycles. The first-order valence-electron chi connectivity index (χ1n) is 14.2. The summed E-state index contributed by atoms with van der Waals surface area (Å²) in [6, 6.07) is 45.2. The zero-order valence-corrected chi connectivity index (χ0v) is 45.5. The molecule has 6 aromatic carbocycles. The number of fused-ring (bicyclic) bond motifs is 6. The minimum Gasteiger partial charge on any atom is -1.00 e. The third kappa shape index (κ3) is 11.5. The van der Waals surface area contributed by atoms with Crippen molar-refractivity contribution in [3.05, 3.63) is 168 Å². The van der Waals surface area contributed by atoms with Crippen LogP contribution in [0.2, 0.25) is 0 Å². The Labute approximate surface area is 437 Å². The predicted molar refractivity (Wildman–Crippen MR) is 201 cm³/mol. The van der Waals surface area contributed by atoms with Crippen molar-refractivity contribution in [1.29, 1.82) is 0 Å². The van der Waals surface area contributed by atoms with E-state index in [1.54, 1.807) is 6.07 Å². The van der Waals surface area contributed by atoms with Gasteiger partial charge >= 0.3 is 138 Å². The van der Waals surface area contributed by atoms with E-state index in [0.29, 0.717) is 0 Å². The summed E-state index contributed by atoms with van der Waals surface area (Å²) < 4.78 is 18.3. The maximum absolute atomic E-state index is 12.3. The number of aromatic nitrogens is 1. The Bertz CT molecular complexity index is 2090. The largest absolute Gasteiger partial charge is 1.00 e. The van der Waals surface area contributed by atoms with Crippen molar-refractivity contribution in [2.24, 2.45) is 0 Å². The molecule has 7 aromatic rings. The smallest absolute Gasteiger partial charge is 1.00 e. The van der Waals surface area contributed by atoms with E-state index in [1.807, 2.05) is 0 Å². The van der Waals surface area contributed by atoms with Crippen LogP contribution in [0.4, 0.5) is 4.39 Å². The summed E-state index contributed by atoms with van der Waals surface area (Å²) in [6.45, 7) is -0.181. The topological polar surface area (TPSA) is 54.3 Å². The van der Waals surface area contributed by atoms with Crippen molar-refractivity contribution in [3.63, 3.8) is 0 Å². The van der Waals surface area contributed by atoms with Gasteiger partial charge in [0, 0.05) is 34.4 Å². The van der Waals surface area contributed by atoms with E-state index in [-0.39, 0.29) is 152 Å². The number of hydrogen-bond donors (Lipinski definition) is 0. The summed E-state index contributed by atoms with van der Waals surface area (Å²) in [5.41, 5.74) is 9.37. The number of carbonyl (C=O) groups is 1. The van der Waals surface area contributed by atoms with E-state index < -0.39 is 0 Å². The third-order valence-corrected chi connectivity index (χ3v) is 11.1. The second-order valence-corrected chi connectivity index (χ2v) is 13.6. The molecule has 1 aliphatic rings. The molecule has 11 heteroatoms. The first-order valence-corrected chi connectivity index (χ1v) is 17.4. The summed E-state index contributed by atoms with van der Waals surface area (Å²) in [5.74, 6) is -0.231. The molecule has 0 spiro atoms. The summed E-state index contributed by atoms with van der Waals surface area (Å²) in [5, 5.41) is 11.0. The van der Waals surface area contributed by atoms with Crippen molar-refractivity contribution < 1.29 is 159 Å². The van der Waals surface area contributed by atoms with Crippen LogP contribution < -0.4 is 143 Å². The molecule has 0 unspecified atom stereocenters. The van der Waals surface area contributed by atoms with E-state index in [2.05, 4.69) is 188 Å². The standard InChI is InChI=1S/C18H11Br2N.C13H10.C6H3Br2F.CH2O3.2Cs.H/c19-15-10-9-12(11-16(15)20)21-17-7-3-1-5-13(17)14-6-2-4-8-18(14)21;1-3-7-12-10(5-1)9-11-6-2-4-8-13(11)12;7-5-2-1-4(9)3-6(5)8;2-1-4-3;;;/h1-11H;1-8H,9H2;1-3H;1,3H;;;/q;;;;2*+1;-1/p-1. The van der Waals surface area contributed by atoms with Crippen molar-refractivity contribution in [2.75, 3.05) is 0 Å². The normalized spacial score (nSPS) is 10.3. The van der Waals surface area contributed by atoms with Crippen molar-refractivity contribution >= 4 is 92.0 Å². The fourth-order valence-electron chi connectivity index (χ4n) is 5.37. The molecule has 0 bridgehead atoms. The average Bonchev–Trinajstić information content (AvgIpc) is 3.65. The van der Waals surface area contributed by atoms with Gasteiger partial charge in [-0.3, -0.25) is 4.79 Å². The molecule has 0 saturated carbocycles. The van der Waals surface area contributed by atoms with Crippen molar-refractivity contribution in [2.45, 2.75) is 6.42 Å². The van der Waals surface area contributed by atoms with Crippen LogP contribution in [0.3, 0.4) is 0 Å². The average molecular weight is 1150 g/mol. The number of rotatable bonds is 2. The maximum atomic E-state index is 12.3. The quantitative estimate of drug-likeness (QED) is 0.100.